The van der Waals surface area contributed by atoms with Crippen molar-refractivity contribution >= 4 is 22.8 Å². The van der Waals surface area contributed by atoms with Crippen LogP contribution in [-0.2, 0) is 9.63 Å². The Kier molecular flexibility index (Phi) is 5.56. The first-order chi connectivity index (χ1) is 10.2. The second-order valence-electron chi connectivity index (χ2n) is 5.11. The van der Waals surface area contributed by atoms with E-state index in [4.69, 9.17) is 4.84 Å². The Labute approximate surface area is 129 Å². The Morgan fingerprint density at radius 2 is 2.29 bits per heavy atom. The predicted octanol–water partition coefficient (Wildman–Crippen LogP) is 4.20. The Hall–Kier alpha value is -1.62. The molecule has 0 bridgehead atoms. The van der Waals surface area contributed by atoms with Crippen LogP contribution in [0.4, 0.5) is 0 Å². The second-order valence-corrected chi connectivity index (χ2v) is 5.89. The summed E-state index contributed by atoms with van der Waals surface area (Å²) in [5.41, 5.74) is 2.07. The van der Waals surface area contributed by atoms with Gasteiger partial charge in [-0.05, 0) is 41.7 Å². The predicted molar refractivity (Wildman–Crippen MR) is 84.9 cm³/mol. The normalized spacial score (nSPS) is 20.0. The van der Waals surface area contributed by atoms with Crippen LogP contribution >= 0.6 is 11.3 Å². The molecule has 1 atom stereocenters. The van der Waals surface area contributed by atoms with E-state index in [-0.39, 0.29) is 17.5 Å². The summed E-state index contributed by atoms with van der Waals surface area (Å²) in [5.74, 6) is 0.179. The molecule has 1 aromatic rings. The Morgan fingerprint density at radius 1 is 1.48 bits per heavy atom. The highest BCUT2D eigenvalue weighted by molar-refractivity contribution is 7.08. The molecule has 0 saturated carbocycles. The summed E-state index contributed by atoms with van der Waals surface area (Å²) in [6.45, 7) is 4.31. The van der Waals surface area contributed by atoms with E-state index < -0.39 is 0 Å². The number of Topliss-reactive ketones (excluding diaryl/α,β-unsaturated/α-hetero) is 1. The summed E-state index contributed by atoms with van der Waals surface area (Å²) in [6.07, 6.45) is 2.40. The molecule has 1 N–H and O–H groups in total. The zero-order valence-corrected chi connectivity index (χ0v) is 13.3. The number of aliphatic hydroxyl groups is 1. The van der Waals surface area contributed by atoms with Crippen molar-refractivity contribution in [3.8, 4) is 0 Å². The number of aliphatic hydroxyl groups excluding tert-OH is 1. The van der Waals surface area contributed by atoms with E-state index in [0.717, 1.165) is 12.0 Å². The van der Waals surface area contributed by atoms with Crippen LogP contribution in [0, 0.1) is 0 Å². The first-order valence-electron chi connectivity index (χ1n) is 7.33. The molecule has 0 fully saturated rings. The highest BCUT2D eigenvalue weighted by atomic mass is 32.1. The molecule has 5 heteroatoms. The molecule has 1 aromatic heterocycles. The standard InChI is InChI=1S/C16H21NO3S/c1-3-5-13(17-20-4-2)16-14(18)8-12(9-15(16)19)11-6-7-21-10-11/h6-7,10,12,18H,3-5,8-9H2,1-2H3. The average Bonchev–Trinajstić information content (AvgIpc) is 2.98. The van der Waals surface area contributed by atoms with Crippen LogP contribution in [0.5, 0.6) is 0 Å². The number of rotatable bonds is 6. The van der Waals surface area contributed by atoms with Gasteiger partial charge in [0.15, 0.2) is 5.78 Å². The fourth-order valence-corrected chi connectivity index (χ4v) is 3.30. The van der Waals surface area contributed by atoms with Gasteiger partial charge in [-0.15, -0.1) is 0 Å². The molecule has 114 valence electrons. The summed E-state index contributed by atoms with van der Waals surface area (Å²) in [5, 5.41) is 18.4. The van der Waals surface area contributed by atoms with Crippen molar-refractivity contribution in [2.45, 2.75) is 45.4 Å². The number of thiophene rings is 1. The summed E-state index contributed by atoms with van der Waals surface area (Å²) < 4.78 is 0. The van der Waals surface area contributed by atoms with Gasteiger partial charge in [0.25, 0.3) is 0 Å². The van der Waals surface area contributed by atoms with Gasteiger partial charge in [-0.2, -0.15) is 11.3 Å². The molecule has 1 unspecified atom stereocenters. The van der Waals surface area contributed by atoms with Crippen LogP contribution in [0.2, 0.25) is 0 Å². The van der Waals surface area contributed by atoms with E-state index in [1.54, 1.807) is 11.3 Å². The zero-order chi connectivity index (χ0) is 15.2. The molecular weight excluding hydrogens is 286 g/mol. The molecule has 1 aliphatic rings. The van der Waals surface area contributed by atoms with Crippen molar-refractivity contribution in [3.05, 3.63) is 33.7 Å². The van der Waals surface area contributed by atoms with Crippen molar-refractivity contribution in [2.75, 3.05) is 6.61 Å². The molecule has 0 spiro atoms. The number of allylic oxidation sites excluding steroid dienone is 2. The van der Waals surface area contributed by atoms with Gasteiger partial charge in [0, 0.05) is 12.8 Å². The van der Waals surface area contributed by atoms with Gasteiger partial charge in [0.1, 0.15) is 12.4 Å². The van der Waals surface area contributed by atoms with Gasteiger partial charge in [0.2, 0.25) is 0 Å². The van der Waals surface area contributed by atoms with E-state index in [2.05, 4.69) is 5.16 Å². The highest BCUT2D eigenvalue weighted by Crippen LogP contribution is 2.35. The van der Waals surface area contributed by atoms with Crippen LogP contribution in [0.1, 0.15) is 51.0 Å². The topological polar surface area (TPSA) is 58.9 Å². The molecular formula is C16H21NO3S. The molecule has 0 aromatic carbocycles. The minimum atomic E-state index is -0.0400. The number of oxime groups is 1. The quantitative estimate of drug-likeness (QED) is 0.633. The summed E-state index contributed by atoms with van der Waals surface area (Å²) in [7, 11) is 0. The lowest BCUT2D eigenvalue weighted by Gasteiger charge is -2.23. The summed E-state index contributed by atoms with van der Waals surface area (Å²) >= 11 is 1.61. The van der Waals surface area contributed by atoms with Crippen LogP contribution < -0.4 is 0 Å². The van der Waals surface area contributed by atoms with Crippen LogP contribution in [-0.4, -0.2) is 23.2 Å². The average molecular weight is 307 g/mol. The summed E-state index contributed by atoms with van der Waals surface area (Å²) in [6, 6.07) is 2.02. The first kappa shape index (κ1) is 15.8. The lowest BCUT2D eigenvalue weighted by Crippen LogP contribution is -2.23. The lowest BCUT2D eigenvalue weighted by atomic mass is 9.81. The molecule has 0 radical (unpaired) electrons. The minimum Gasteiger partial charge on any atom is -0.511 e. The molecule has 0 amide bonds. The fraction of sp³-hybridized carbons (Fsp3) is 0.500. The van der Waals surface area contributed by atoms with E-state index in [1.165, 1.54) is 0 Å². The first-order valence-corrected chi connectivity index (χ1v) is 8.28. The third kappa shape index (κ3) is 3.73. The van der Waals surface area contributed by atoms with Crippen molar-refractivity contribution in [3.63, 3.8) is 0 Å². The van der Waals surface area contributed by atoms with Crippen molar-refractivity contribution in [1.29, 1.82) is 0 Å². The maximum Gasteiger partial charge on any atom is 0.168 e. The minimum absolute atomic E-state index is 0.0400. The van der Waals surface area contributed by atoms with Gasteiger partial charge < -0.3 is 9.94 Å². The van der Waals surface area contributed by atoms with Gasteiger partial charge in [-0.1, -0.05) is 18.5 Å². The Bertz CT molecular complexity index is 546. The van der Waals surface area contributed by atoms with Crippen LogP contribution in [0.15, 0.2) is 33.3 Å². The van der Waals surface area contributed by atoms with Crippen LogP contribution in [0.25, 0.3) is 0 Å². The highest BCUT2D eigenvalue weighted by Gasteiger charge is 2.31. The molecule has 2 rings (SSSR count). The largest absolute Gasteiger partial charge is 0.511 e. The lowest BCUT2D eigenvalue weighted by molar-refractivity contribution is -0.116. The maximum atomic E-state index is 12.4. The van der Waals surface area contributed by atoms with Crippen molar-refractivity contribution < 1.29 is 14.7 Å². The zero-order valence-electron chi connectivity index (χ0n) is 12.5. The number of nitrogens with zero attached hydrogens (tertiary/aromatic N) is 1. The Balaban J connectivity index is 2.26. The third-order valence-electron chi connectivity index (χ3n) is 3.53. The molecule has 21 heavy (non-hydrogen) atoms. The molecule has 0 saturated heterocycles. The van der Waals surface area contributed by atoms with Gasteiger partial charge in [-0.3, -0.25) is 4.79 Å². The van der Waals surface area contributed by atoms with Crippen LogP contribution in [0.3, 0.4) is 0 Å². The van der Waals surface area contributed by atoms with E-state index in [1.807, 2.05) is 30.7 Å². The third-order valence-corrected chi connectivity index (χ3v) is 4.23. The molecule has 4 nitrogen and oxygen atoms in total. The SMILES string of the molecule is CCCC(=NOCC)C1=C(O)CC(c2ccsc2)CC1=O. The number of hydrogen-bond acceptors (Lipinski definition) is 5. The molecule has 1 aliphatic carbocycles. The van der Waals surface area contributed by atoms with Crippen molar-refractivity contribution in [2.24, 2.45) is 5.16 Å². The molecule has 0 aliphatic heterocycles. The van der Waals surface area contributed by atoms with Gasteiger partial charge in [-0.25, -0.2) is 0 Å². The fourth-order valence-electron chi connectivity index (χ4n) is 2.56. The van der Waals surface area contributed by atoms with Gasteiger partial charge in [0.05, 0.1) is 11.3 Å². The molecule has 1 heterocycles. The van der Waals surface area contributed by atoms with Gasteiger partial charge >= 0.3 is 0 Å². The number of hydrogen-bond donors (Lipinski definition) is 1. The second kappa shape index (κ2) is 7.41. The Morgan fingerprint density at radius 3 is 2.86 bits per heavy atom. The monoisotopic (exact) mass is 307 g/mol. The number of carbonyl (C=O) groups is 1. The van der Waals surface area contributed by atoms with E-state index >= 15 is 0 Å². The number of carbonyl (C=O) groups excluding carboxylic acids is 1. The van der Waals surface area contributed by atoms with Crippen molar-refractivity contribution in [1.82, 2.24) is 0 Å². The van der Waals surface area contributed by atoms with E-state index in [9.17, 15) is 9.90 Å². The smallest absolute Gasteiger partial charge is 0.168 e. The number of ketones is 1. The van der Waals surface area contributed by atoms with E-state index in [0.29, 0.717) is 37.2 Å². The summed E-state index contributed by atoms with van der Waals surface area (Å²) in [4.78, 5) is 17.5. The maximum absolute atomic E-state index is 12.4.